The molecule has 0 saturated carbocycles. The molecule has 1 heterocycles. The molecule has 152 valence electrons. The van der Waals surface area contributed by atoms with Crippen LogP contribution in [0.4, 0.5) is 0 Å². The normalized spacial score (nSPS) is 14.2. The average molecular weight is 420 g/mol. The van der Waals surface area contributed by atoms with Crippen LogP contribution in [0.25, 0.3) is 0 Å². The molecule has 0 spiro atoms. The van der Waals surface area contributed by atoms with Gasteiger partial charge in [-0.15, -0.1) is 12.4 Å². The van der Waals surface area contributed by atoms with Gasteiger partial charge in [-0.25, -0.2) is 0 Å². The zero-order valence-electron chi connectivity index (χ0n) is 15.6. The van der Waals surface area contributed by atoms with Gasteiger partial charge in [0.05, 0.1) is 12.1 Å². The van der Waals surface area contributed by atoms with Crippen molar-refractivity contribution in [3.8, 4) is 11.5 Å². The number of amides is 2. The minimum Gasteiger partial charge on any atom is -0.493 e. The molecule has 7 nitrogen and oxygen atoms in total. The van der Waals surface area contributed by atoms with E-state index in [1.165, 1.54) is 7.11 Å². The minimum absolute atomic E-state index is 0. The minimum atomic E-state index is -0.622. The summed E-state index contributed by atoms with van der Waals surface area (Å²) in [6.45, 7) is 4.23. The fraction of sp³-hybridized carbons (Fsp3) is 0.556. The number of methoxy groups -OCH3 is 1. The molecule has 0 aliphatic carbocycles. The van der Waals surface area contributed by atoms with Crippen LogP contribution in [0.5, 0.6) is 11.5 Å². The molecule has 0 atom stereocenters. The highest BCUT2D eigenvalue weighted by molar-refractivity contribution is 6.32. The van der Waals surface area contributed by atoms with Gasteiger partial charge in [0.15, 0.2) is 18.1 Å². The van der Waals surface area contributed by atoms with Crippen molar-refractivity contribution in [3.05, 3.63) is 22.7 Å². The van der Waals surface area contributed by atoms with E-state index in [9.17, 15) is 9.59 Å². The lowest BCUT2D eigenvalue weighted by Gasteiger charge is -2.34. The van der Waals surface area contributed by atoms with E-state index in [-0.39, 0.29) is 41.7 Å². The van der Waals surface area contributed by atoms with E-state index in [4.69, 9.17) is 26.8 Å². The smallest absolute Gasteiger partial charge is 0.255 e. The molecular formula is C18H27Cl2N3O4. The van der Waals surface area contributed by atoms with Crippen LogP contribution in [-0.2, 0) is 4.79 Å². The fourth-order valence-corrected chi connectivity index (χ4v) is 3.37. The van der Waals surface area contributed by atoms with Gasteiger partial charge in [0.25, 0.3) is 11.8 Å². The predicted octanol–water partition coefficient (Wildman–Crippen LogP) is 2.24. The van der Waals surface area contributed by atoms with Crippen molar-refractivity contribution >= 4 is 35.8 Å². The summed E-state index contributed by atoms with van der Waals surface area (Å²) in [5.41, 5.74) is 5.54. The SMILES string of the molecule is CCCN(C(=O)c1cc(Cl)c(OCC(N)=O)c(OC)c1)C1CCNCC1.Cl. The maximum absolute atomic E-state index is 13.1. The number of nitrogens with zero attached hydrogens (tertiary/aromatic N) is 1. The topological polar surface area (TPSA) is 93.9 Å². The van der Waals surface area contributed by atoms with Gasteiger partial charge in [0.2, 0.25) is 0 Å². The van der Waals surface area contributed by atoms with Crippen molar-refractivity contribution in [1.82, 2.24) is 10.2 Å². The quantitative estimate of drug-likeness (QED) is 0.673. The van der Waals surface area contributed by atoms with Gasteiger partial charge in [-0.1, -0.05) is 18.5 Å². The Morgan fingerprint density at radius 1 is 1.33 bits per heavy atom. The lowest BCUT2D eigenvalue weighted by Crippen LogP contribution is -2.46. The molecular weight excluding hydrogens is 393 g/mol. The number of rotatable bonds is 8. The van der Waals surface area contributed by atoms with Crippen LogP contribution in [0.15, 0.2) is 12.1 Å². The van der Waals surface area contributed by atoms with Crippen molar-refractivity contribution in [1.29, 1.82) is 0 Å². The first-order valence-electron chi connectivity index (χ1n) is 8.78. The zero-order valence-corrected chi connectivity index (χ0v) is 17.2. The van der Waals surface area contributed by atoms with E-state index in [0.29, 0.717) is 17.9 Å². The fourth-order valence-electron chi connectivity index (χ4n) is 3.10. The Bertz CT molecular complexity index is 652. The molecule has 1 fully saturated rings. The molecule has 1 aromatic rings. The number of hydrogen-bond donors (Lipinski definition) is 2. The first-order valence-corrected chi connectivity index (χ1v) is 9.16. The Labute approximate surface area is 170 Å². The van der Waals surface area contributed by atoms with Gasteiger partial charge in [-0.2, -0.15) is 0 Å². The van der Waals surface area contributed by atoms with Crippen molar-refractivity contribution in [3.63, 3.8) is 0 Å². The molecule has 0 bridgehead atoms. The van der Waals surface area contributed by atoms with Crippen LogP contribution in [0.1, 0.15) is 36.5 Å². The van der Waals surface area contributed by atoms with Crippen molar-refractivity contribution in [2.24, 2.45) is 5.73 Å². The van der Waals surface area contributed by atoms with Crippen LogP contribution in [0, 0.1) is 0 Å². The van der Waals surface area contributed by atoms with Gasteiger partial charge in [0, 0.05) is 18.2 Å². The van der Waals surface area contributed by atoms with Crippen molar-refractivity contribution in [2.45, 2.75) is 32.2 Å². The molecule has 2 rings (SSSR count). The highest BCUT2D eigenvalue weighted by atomic mass is 35.5. The number of nitrogens with one attached hydrogen (secondary N) is 1. The number of piperidine rings is 1. The van der Waals surface area contributed by atoms with Gasteiger partial charge in [-0.05, 0) is 44.5 Å². The second-order valence-corrected chi connectivity index (χ2v) is 6.63. The lowest BCUT2D eigenvalue weighted by molar-refractivity contribution is -0.119. The first-order chi connectivity index (χ1) is 12.5. The molecule has 0 unspecified atom stereocenters. The molecule has 1 aliphatic heterocycles. The largest absolute Gasteiger partial charge is 0.493 e. The molecule has 1 aliphatic rings. The number of carbonyl (C=O) groups excluding carboxylic acids is 2. The molecule has 1 aromatic carbocycles. The molecule has 3 N–H and O–H groups in total. The van der Waals surface area contributed by atoms with Crippen LogP contribution in [-0.4, -0.2) is 56.1 Å². The third-order valence-corrected chi connectivity index (χ3v) is 4.59. The van der Waals surface area contributed by atoms with Crippen molar-refractivity contribution in [2.75, 3.05) is 33.4 Å². The number of benzene rings is 1. The molecule has 1 saturated heterocycles. The summed E-state index contributed by atoms with van der Waals surface area (Å²) in [6.07, 6.45) is 2.73. The zero-order chi connectivity index (χ0) is 19.1. The van der Waals surface area contributed by atoms with E-state index >= 15 is 0 Å². The maximum atomic E-state index is 13.1. The van der Waals surface area contributed by atoms with Crippen LogP contribution >= 0.6 is 24.0 Å². The summed E-state index contributed by atoms with van der Waals surface area (Å²) >= 11 is 6.27. The predicted molar refractivity (Wildman–Crippen MR) is 107 cm³/mol. The van der Waals surface area contributed by atoms with Gasteiger partial charge < -0.3 is 25.4 Å². The van der Waals surface area contributed by atoms with Crippen LogP contribution < -0.4 is 20.5 Å². The van der Waals surface area contributed by atoms with Gasteiger partial charge in [0.1, 0.15) is 0 Å². The third kappa shape index (κ3) is 6.16. The van der Waals surface area contributed by atoms with E-state index in [1.54, 1.807) is 12.1 Å². The van der Waals surface area contributed by atoms with E-state index in [1.807, 2.05) is 4.90 Å². The summed E-state index contributed by atoms with van der Waals surface area (Å²) in [5.74, 6) is -0.207. The number of nitrogens with two attached hydrogens (primary N) is 1. The first kappa shape index (κ1) is 23.3. The Balaban J connectivity index is 0.00000364. The Morgan fingerprint density at radius 2 is 2.00 bits per heavy atom. The Hall–Kier alpha value is -1.70. The second kappa shape index (κ2) is 11.2. The number of halogens is 2. The van der Waals surface area contributed by atoms with E-state index < -0.39 is 5.91 Å². The number of ether oxygens (including phenoxy) is 2. The van der Waals surface area contributed by atoms with Gasteiger partial charge >= 0.3 is 0 Å². The molecule has 9 heteroatoms. The van der Waals surface area contributed by atoms with Crippen LogP contribution in [0.3, 0.4) is 0 Å². The summed E-state index contributed by atoms with van der Waals surface area (Å²) in [5, 5.41) is 3.52. The van der Waals surface area contributed by atoms with E-state index in [0.717, 1.165) is 32.4 Å². The summed E-state index contributed by atoms with van der Waals surface area (Å²) in [7, 11) is 1.45. The maximum Gasteiger partial charge on any atom is 0.255 e. The second-order valence-electron chi connectivity index (χ2n) is 6.22. The Morgan fingerprint density at radius 3 is 2.56 bits per heavy atom. The molecule has 27 heavy (non-hydrogen) atoms. The van der Waals surface area contributed by atoms with Crippen molar-refractivity contribution < 1.29 is 19.1 Å². The monoisotopic (exact) mass is 419 g/mol. The lowest BCUT2D eigenvalue weighted by atomic mass is 10.0. The standard InChI is InChI=1S/C18H26ClN3O4.ClH/c1-3-8-22(13-4-6-21-7-5-13)18(24)12-9-14(19)17(15(10-12)25-2)26-11-16(20)23;/h9-10,13,21H,3-8,11H2,1-2H3,(H2,20,23);1H. The van der Waals surface area contributed by atoms with E-state index in [2.05, 4.69) is 12.2 Å². The van der Waals surface area contributed by atoms with Gasteiger partial charge in [-0.3, -0.25) is 9.59 Å². The molecule has 2 amide bonds. The van der Waals surface area contributed by atoms with Crippen LogP contribution in [0.2, 0.25) is 5.02 Å². The highest BCUT2D eigenvalue weighted by Crippen LogP contribution is 2.37. The number of hydrogen-bond acceptors (Lipinski definition) is 5. The molecule has 0 aromatic heterocycles. The Kier molecular flexibility index (Phi) is 9.69. The summed E-state index contributed by atoms with van der Waals surface area (Å²) in [4.78, 5) is 26.0. The highest BCUT2D eigenvalue weighted by Gasteiger charge is 2.27. The summed E-state index contributed by atoms with van der Waals surface area (Å²) in [6, 6.07) is 3.35. The summed E-state index contributed by atoms with van der Waals surface area (Å²) < 4.78 is 10.6. The number of primary amides is 1. The molecule has 0 radical (unpaired) electrons. The average Bonchev–Trinajstić information content (AvgIpc) is 2.64. The third-order valence-electron chi connectivity index (χ3n) is 4.31. The number of carbonyl (C=O) groups is 2.